The van der Waals surface area contributed by atoms with Gasteiger partial charge in [-0.15, -0.1) is 0 Å². The number of rotatable bonds is 5. The maximum absolute atomic E-state index is 9.26. The van der Waals surface area contributed by atoms with Crippen LogP contribution in [0.15, 0.2) is 24.3 Å². The fourth-order valence-corrected chi connectivity index (χ4v) is 5.93. The van der Waals surface area contributed by atoms with Crippen molar-refractivity contribution < 1.29 is 0 Å². The third kappa shape index (κ3) is 5.09. The number of nitrogens with zero attached hydrogens (tertiary/aromatic N) is 3. The summed E-state index contributed by atoms with van der Waals surface area (Å²) in [6.07, 6.45) is 4.84. The average molecular weight is 382 g/mol. The van der Waals surface area contributed by atoms with Gasteiger partial charge in [-0.05, 0) is 54.1 Å². The Kier molecular flexibility index (Phi) is 6.40. The van der Waals surface area contributed by atoms with E-state index in [-0.39, 0.29) is 5.92 Å². The molecule has 0 N–H and O–H groups in total. The van der Waals surface area contributed by atoms with Gasteiger partial charge in [0.25, 0.3) is 0 Å². The van der Waals surface area contributed by atoms with Gasteiger partial charge in [-0.3, -0.25) is 4.90 Å². The van der Waals surface area contributed by atoms with Gasteiger partial charge in [-0.1, -0.05) is 52.8 Å². The zero-order valence-electron chi connectivity index (χ0n) is 18.7. The van der Waals surface area contributed by atoms with Crippen molar-refractivity contribution in [2.24, 2.45) is 16.7 Å². The van der Waals surface area contributed by atoms with E-state index in [4.69, 9.17) is 0 Å². The van der Waals surface area contributed by atoms with E-state index >= 15 is 0 Å². The summed E-state index contributed by atoms with van der Waals surface area (Å²) in [5.41, 5.74) is 3.82. The summed E-state index contributed by atoms with van der Waals surface area (Å²) in [7, 11) is 0. The molecule has 3 rings (SSSR count). The first-order valence-electron chi connectivity index (χ1n) is 11.2. The van der Waals surface area contributed by atoms with Crippen molar-refractivity contribution in [3.8, 4) is 6.07 Å². The van der Waals surface area contributed by atoms with E-state index in [0.717, 1.165) is 39.1 Å². The van der Waals surface area contributed by atoms with Crippen LogP contribution in [-0.4, -0.2) is 37.6 Å². The second kappa shape index (κ2) is 8.46. The average Bonchev–Trinajstić information content (AvgIpc) is 2.64. The Morgan fingerprint density at radius 3 is 2.21 bits per heavy atom. The minimum absolute atomic E-state index is 0.172. The van der Waals surface area contributed by atoms with Gasteiger partial charge in [0.15, 0.2) is 0 Å². The first kappa shape index (κ1) is 21.2. The van der Waals surface area contributed by atoms with Gasteiger partial charge < -0.3 is 4.90 Å². The number of hydrogen-bond acceptors (Lipinski definition) is 3. The van der Waals surface area contributed by atoms with Gasteiger partial charge in [0.1, 0.15) is 0 Å². The Morgan fingerprint density at radius 1 is 1.04 bits per heavy atom. The summed E-state index contributed by atoms with van der Waals surface area (Å²) in [5.74, 6) is 0.821. The highest BCUT2D eigenvalue weighted by atomic mass is 15.3. The lowest BCUT2D eigenvalue weighted by atomic mass is 9.60. The molecule has 3 nitrogen and oxygen atoms in total. The van der Waals surface area contributed by atoms with Gasteiger partial charge in [0.05, 0.1) is 12.0 Å². The van der Waals surface area contributed by atoms with E-state index in [9.17, 15) is 5.26 Å². The first-order chi connectivity index (χ1) is 13.2. The molecule has 0 bridgehead atoms. The monoisotopic (exact) mass is 381 g/mol. The second-order valence-corrected chi connectivity index (χ2v) is 10.7. The lowest BCUT2D eigenvalue weighted by Gasteiger charge is -2.46. The highest BCUT2D eigenvalue weighted by Gasteiger charge is 2.39. The molecule has 2 fully saturated rings. The predicted molar refractivity (Wildman–Crippen MR) is 119 cm³/mol. The zero-order chi connectivity index (χ0) is 20.4. The van der Waals surface area contributed by atoms with Gasteiger partial charge in [-0.2, -0.15) is 5.26 Å². The number of anilines is 1. The van der Waals surface area contributed by atoms with Crippen LogP contribution in [0.5, 0.6) is 0 Å². The molecule has 0 spiro atoms. The summed E-state index contributed by atoms with van der Waals surface area (Å²) >= 11 is 0. The topological polar surface area (TPSA) is 30.3 Å². The molecule has 2 aliphatic rings. The van der Waals surface area contributed by atoms with Crippen molar-refractivity contribution >= 4 is 5.69 Å². The molecule has 1 unspecified atom stereocenters. The quantitative estimate of drug-likeness (QED) is 0.657. The molecular weight excluding hydrogens is 342 g/mol. The SMILES string of the molecule is CCC(C#N)CN1CCN(c2ccccc2C2CC(C)(C)CC(C)(C)C2)CC1. The summed E-state index contributed by atoms with van der Waals surface area (Å²) < 4.78 is 0. The highest BCUT2D eigenvalue weighted by Crippen LogP contribution is 2.53. The minimum Gasteiger partial charge on any atom is -0.369 e. The van der Waals surface area contributed by atoms with Gasteiger partial charge in [-0.25, -0.2) is 0 Å². The van der Waals surface area contributed by atoms with Crippen molar-refractivity contribution in [2.75, 3.05) is 37.6 Å². The predicted octanol–water partition coefficient (Wildman–Crippen LogP) is 5.68. The first-order valence-corrected chi connectivity index (χ1v) is 11.2. The number of nitriles is 1. The van der Waals surface area contributed by atoms with Crippen LogP contribution in [0.4, 0.5) is 5.69 Å². The van der Waals surface area contributed by atoms with Crippen LogP contribution in [0, 0.1) is 28.1 Å². The Morgan fingerprint density at radius 2 is 1.64 bits per heavy atom. The molecule has 1 saturated carbocycles. The molecule has 1 atom stereocenters. The lowest BCUT2D eigenvalue weighted by Crippen LogP contribution is -2.48. The Balaban J connectivity index is 1.73. The van der Waals surface area contributed by atoms with E-state index in [1.807, 2.05) is 0 Å². The van der Waals surface area contributed by atoms with E-state index in [2.05, 4.69) is 74.8 Å². The van der Waals surface area contributed by atoms with E-state index in [0.29, 0.717) is 16.7 Å². The molecule has 1 aromatic carbocycles. The Bertz CT molecular complexity index is 676. The molecule has 1 saturated heterocycles. The van der Waals surface area contributed by atoms with Crippen molar-refractivity contribution in [3.63, 3.8) is 0 Å². The largest absolute Gasteiger partial charge is 0.369 e. The third-order valence-electron chi connectivity index (χ3n) is 6.80. The van der Waals surface area contributed by atoms with Crippen molar-refractivity contribution in [1.82, 2.24) is 4.90 Å². The lowest BCUT2D eigenvalue weighted by molar-refractivity contribution is 0.0970. The summed E-state index contributed by atoms with van der Waals surface area (Å²) in [6.45, 7) is 17.1. The molecule has 1 aliphatic heterocycles. The fraction of sp³-hybridized carbons (Fsp3) is 0.720. The number of benzene rings is 1. The van der Waals surface area contributed by atoms with E-state index in [1.165, 1.54) is 24.9 Å². The summed E-state index contributed by atoms with van der Waals surface area (Å²) in [6, 6.07) is 11.6. The van der Waals surface area contributed by atoms with Crippen LogP contribution in [-0.2, 0) is 0 Å². The summed E-state index contributed by atoms with van der Waals surface area (Å²) in [4.78, 5) is 5.07. The minimum atomic E-state index is 0.172. The molecule has 1 aliphatic carbocycles. The molecule has 1 heterocycles. The van der Waals surface area contributed by atoms with Crippen molar-refractivity contribution in [1.29, 1.82) is 5.26 Å². The molecule has 0 radical (unpaired) electrons. The van der Waals surface area contributed by atoms with Crippen molar-refractivity contribution in [3.05, 3.63) is 29.8 Å². The van der Waals surface area contributed by atoms with Gasteiger partial charge >= 0.3 is 0 Å². The molecule has 0 aromatic heterocycles. The van der Waals surface area contributed by atoms with Crippen LogP contribution in [0.3, 0.4) is 0 Å². The molecule has 3 heteroatoms. The van der Waals surface area contributed by atoms with Crippen LogP contribution in [0.2, 0.25) is 0 Å². The second-order valence-electron chi connectivity index (χ2n) is 10.7. The maximum atomic E-state index is 9.26. The molecule has 154 valence electrons. The number of hydrogen-bond donors (Lipinski definition) is 0. The molecular formula is C25H39N3. The molecule has 28 heavy (non-hydrogen) atoms. The zero-order valence-corrected chi connectivity index (χ0v) is 18.7. The Labute approximate surface area is 172 Å². The molecule has 0 amide bonds. The third-order valence-corrected chi connectivity index (χ3v) is 6.80. The fourth-order valence-electron chi connectivity index (χ4n) is 5.93. The van der Waals surface area contributed by atoms with E-state index < -0.39 is 0 Å². The highest BCUT2D eigenvalue weighted by molar-refractivity contribution is 5.56. The molecule has 1 aromatic rings. The number of piperazine rings is 1. The van der Waals surface area contributed by atoms with Crippen LogP contribution >= 0.6 is 0 Å². The van der Waals surface area contributed by atoms with Crippen LogP contribution < -0.4 is 4.90 Å². The smallest absolute Gasteiger partial charge is 0.0669 e. The summed E-state index contributed by atoms with van der Waals surface area (Å²) in [5, 5.41) is 9.26. The van der Waals surface area contributed by atoms with Crippen LogP contribution in [0.1, 0.15) is 71.8 Å². The van der Waals surface area contributed by atoms with Gasteiger partial charge in [0, 0.05) is 38.4 Å². The van der Waals surface area contributed by atoms with E-state index in [1.54, 1.807) is 5.56 Å². The van der Waals surface area contributed by atoms with Crippen molar-refractivity contribution in [2.45, 2.75) is 66.2 Å². The van der Waals surface area contributed by atoms with Gasteiger partial charge in [0.2, 0.25) is 0 Å². The van der Waals surface area contributed by atoms with Crippen LogP contribution in [0.25, 0.3) is 0 Å². The number of para-hydroxylation sites is 1. The Hall–Kier alpha value is -1.53. The standard InChI is InChI=1S/C25H39N3/c1-6-20(17-26)18-27-11-13-28(14-12-27)23-10-8-7-9-22(23)21-15-24(2,3)19-25(4,5)16-21/h7-10,20-21H,6,11-16,18-19H2,1-5H3. The maximum Gasteiger partial charge on any atom is 0.0669 e. The normalized spacial score (nSPS) is 23.9.